The molecular weight excluding hydrogens is 1320 g/mol. The molecule has 0 aliphatic heterocycles. The summed E-state index contributed by atoms with van der Waals surface area (Å²) >= 11 is 0. The monoisotopic (exact) mass is 1360 g/mol. The number of nitrogens with zero attached hydrogens (tertiary/aromatic N) is 10. The van der Waals surface area contributed by atoms with Crippen LogP contribution in [-0.2, 0) is 40.2 Å². The van der Waals surface area contributed by atoms with Crippen LogP contribution in [0.15, 0.2) is 184 Å². The second-order valence-corrected chi connectivity index (χ2v) is 13.6. The normalized spacial score (nSPS) is 9.35. The molecule has 0 amide bonds. The molecule has 0 spiro atoms. The van der Waals surface area contributed by atoms with Gasteiger partial charge in [-0.3, -0.25) is 39.9 Å². The Morgan fingerprint density at radius 1 is 0.459 bits per heavy atom. The largest absolute Gasteiger partial charge is 3.00 e. The average molecular weight is 1360 g/mol. The van der Waals surface area contributed by atoms with Crippen molar-refractivity contribution in [2.45, 2.75) is 6.92 Å². The summed E-state index contributed by atoms with van der Waals surface area (Å²) < 4.78 is 93.6. The van der Waals surface area contributed by atoms with Crippen molar-refractivity contribution in [3.63, 3.8) is 0 Å². The van der Waals surface area contributed by atoms with Crippen LogP contribution in [0.1, 0.15) is 5.56 Å². The van der Waals surface area contributed by atoms with Crippen molar-refractivity contribution >= 4 is 6.03 Å². The standard InChI is InChI=1S/C12H9FN.3C11H6F2N.C7H6N4O.2CN.2Ir/c1-9-5-6-10(11(13)8-9)12-4-2-3-7-14-12;3*12-8-4-5-9(10(13)7-8)11-3-1-2-6-14-11;12-7(10-3-1-8-5-10)11-4-2-9-6-11;2*1-2;;/h2-5,7-8H,1H3;3*1-4,6-7H;1-6H;;;;/q4*-1;;2*-1;;+3. The number of pyridine rings is 4. The number of halogens is 7. The van der Waals surface area contributed by atoms with Crippen LogP contribution in [0.5, 0.6) is 0 Å². The molecule has 0 aliphatic carbocycles. The minimum Gasteiger partial charge on any atom is -0.512 e. The zero-order valence-corrected chi connectivity index (χ0v) is 42.8. The van der Waals surface area contributed by atoms with Gasteiger partial charge >= 0.3 is 26.1 Å². The van der Waals surface area contributed by atoms with E-state index in [1.165, 1.54) is 27.9 Å². The predicted molar refractivity (Wildman–Crippen MR) is 249 cm³/mol. The van der Waals surface area contributed by atoms with E-state index in [0.29, 0.717) is 28.3 Å². The van der Waals surface area contributed by atoms with E-state index >= 15 is 0 Å². The molecule has 6 heterocycles. The first kappa shape index (κ1) is 61.5. The fourth-order valence-corrected chi connectivity index (χ4v) is 5.61. The van der Waals surface area contributed by atoms with Crippen molar-refractivity contribution in [1.82, 2.24) is 39.0 Å². The van der Waals surface area contributed by atoms with Crippen molar-refractivity contribution in [3.05, 3.63) is 267 Å². The van der Waals surface area contributed by atoms with Crippen LogP contribution in [0.2, 0.25) is 0 Å². The van der Waals surface area contributed by atoms with Crippen molar-refractivity contribution < 1.29 is 75.7 Å². The van der Waals surface area contributed by atoms with Gasteiger partial charge in [-0.05, 0) is 47.0 Å². The maximum Gasteiger partial charge on any atom is 3.00 e. The van der Waals surface area contributed by atoms with E-state index in [9.17, 15) is 35.5 Å². The Kier molecular flexibility index (Phi) is 27.5. The molecule has 4 aromatic carbocycles. The number of hydrogen-bond acceptors (Lipinski definition) is 9. The van der Waals surface area contributed by atoms with Crippen molar-refractivity contribution in [2.75, 3.05) is 0 Å². The van der Waals surface area contributed by atoms with Crippen LogP contribution in [0.3, 0.4) is 0 Å². The fraction of sp³-hybridized carbons (Fsp3) is 0.0185. The van der Waals surface area contributed by atoms with Crippen LogP contribution in [0.4, 0.5) is 35.5 Å². The second-order valence-electron chi connectivity index (χ2n) is 13.6. The van der Waals surface area contributed by atoms with E-state index in [-0.39, 0.29) is 68.7 Å². The van der Waals surface area contributed by atoms with Gasteiger partial charge in [0.15, 0.2) is 0 Å². The van der Waals surface area contributed by atoms with Gasteiger partial charge < -0.3 is 43.6 Å². The molecule has 0 unspecified atom stereocenters. The molecule has 0 bridgehead atoms. The van der Waals surface area contributed by atoms with Gasteiger partial charge in [0.2, 0.25) is 0 Å². The van der Waals surface area contributed by atoms with Gasteiger partial charge in [0, 0.05) is 110 Å². The molecule has 74 heavy (non-hydrogen) atoms. The summed E-state index contributed by atoms with van der Waals surface area (Å²) in [6.45, 7) is 11.3. The van der Waals surface area contributed by atoms with E-state index in [0.717, 1.165) is 42.0 Å². The maximum atomic E-state index is 13.5. The first-order chi connectivity index (χ1) is 35.0. The molecule has 0 N–H and O–H groups in total. The number of aryl methyl sites for hydroxylation is 1. The number of aromatic nitrogens is 8. The van der Waals surface area contributed by atoms with Gasteiger partial charge in [-0.15, -0.1) is 60.2 Å². The van der Waals surface area contributed by atoms with E-state index in [4.69, 9.17) is 23.7 Å². The molecule has 11 nitrogen and oxygen atoms in total. The summed E-state index contributed by atoms with van der Waals surface area (Å²) in [5.74, 6) is -4.13. The minimum atomic E-state index is -0.649. The van der Waals surface area contributed by atoms with E-state index in [1.807, 2.05) is 13.0 Å². The van der Waals surface area contributed by atoms with Crippen LogP contribution in [0, 0.1) is 95.6 Å². The third-order valence-electron chi connectivity index (χ3n) is 8.75. The van der Waals surface area contributed by atoms with E-state index in [2.05, 4.69) is 54.2 Å². The second kappa shape index (κ2) is 33.1. The first-order valence-corrected chi connectivity index (χ1v) is 20.4. The minimum absolute atomic E-state index is 0. The summed E-state index contributed by atoms with van der Waals surface area (Å²) in [5.41, 5.74) is 3.81. The van der Waals surface area contributed by atoms with Gasteiger partial charge in [-0.25, -0.2) is 14.8 Å². The quantitative estimate of drug-likeness (QED) is 0.124. The molecular formula is C54H33F7Ir2N10O-3. The van der Waals surface area contributed by atoms with Gasteiger partial charge in [0.25, 0.3) is 0 Å². The molecule has 375 valence electrons. The fourth-order valence-electron chi connectivity index (χ4n) is 5.61. The Hall–Kier alpha value is -8.64. The Morgan fingerprint density at radius 3 is 0.973 bits per heavy atom. The summed E-state index contributed by atoms with van der Waals surface area (Å²) in [4.78, 5) is 34.8. The van der Waals surface area contributed by atoms with Crippen molar-refractivity contribution in [2.24, 2.45) is 0 Å². The topological polar surface area (TPSA) is 152 Å². The molecule has 6 aromatic heterocycles. The number of benzene rings is 4. The van der Waals surface area contributed by atoms with Gasteiger partial charge in [0.1, 0.15) is 12.7 Å². The molecule has 0 fully saturated rings. The predicted octanol–water partition coefficient (Wildman–Crippen LogP) is 12.3. The average Bonchev–Trinajstić information content (AvgIpc) is 4.17. The third kappa shape index (κ3) is 19.2. The van der Waals surface area contributed by atoms with Crippen molar-refractivity contribution in [1.29, 1.82) is 10.5 Å². The molecule has 10 aromatic rings. The SMILES string of the molecule is Cc1c[c-]c(-c2ccccn2)c(F)c1.Fc1c[c-]c(-c2ccccn2)c(F)c1.Fc1c[c-]c(-c2ccccn2)c(F)c1.Fc1c[c-]c(-c2ccccn2)c(F)c1.O=C(n1ccnc1)n1ccnc1.[C-]#N.[C-]#N.[Ir+3].[Ir]. The smallest absolute Gasteiger partial charge is 0.512 e. The zero-order valence-electron chi connectivity index (χ0n) is 38.0. The Balaban J connectivity index is 0.000000309. The summed E-state index contributed by atoms with van der Waals surface area (Å²) in [6.07, 6.45) is 15.4. The van der Waals surface area contributed by atoms with E-state index in [1.54, 1.807) is 122 Å². The number of carbonyl (C=O) groups excluding carboxylic acids is 1. The van der Waals surface area contributed by atoms with Gasteiger partial charge in [0.05, 0.1) is 0 Å². The van der Waals surface area contributed by atoms with Gasteiger partial charge in [-0.2, -0.15) is 0 Å². The molecule has 0 aliphatic rings. The number of imidazole rings is 2. The van der Waals surface area contributed by atoms with Crippen LogP contribution in [-0.4, -0.2) is 45.1 Å². The molecule has 1 radical (unpaired) electrons. The van der Waals surface area contributed by atoms with Crippen LogP contribution < -0.4 is 0 Å². The van der Waals surface area contributed by atoms with E-state index < -0.39 is 34.9 Å². The number of carbonyl (C=O) groups is 1. The third-order valence-corrected chi connectivity index (χ3v) is 8.75. The van der Waals surface area contributed by atoms with Gasteiger partial charge in [-0.1, -0.05) is 95.9 Å². The number of rotatable bonds is 4. The van der Waals surface area contributed by atoms with Crippen molar-refractivity contribution in [3.8, 4) is 45.0 Å². The molecule has 20 heteroatoms. The Bertz CT molecular complexity index is 2840. The molecule has 0 saturated carbocycles. The number of hydrogen-bond donors (Lipinski definition) is 0. The zero-order chi connectivity index (χ0) is 52.3. The summed E-state index contributed by atoms with van der Waals surface area (Å²) in [7, 11) is 0. The summed E-state index contributed by atoms with van der Waals surface area (Å²) in [6, 6.07) is 39.9. The first-order valence-electron chi connectivity index (χ1n) is 20.4. The van der Waals surface area contributed by atoms with Crippen LogP contribution in [0.25, 0.3) is 45.0 Å². The maximum absolute atomic E-state index is 13.5. The Labute approximate surface area is 448 Å². The molecule has 10 rings (SSSR count). The summed E-state index contributed by atoms with van der Waals surface area (Å²) in [5, 5.41) is 12.5. The Morgan fingerprint density at radius 2 is 0.743 bits per heavy atom. The molecule has 0 atom stereocenters. The van der Waals surface area contributed by atoms with Crippen LogP contribution >= 0.6 is 0 Å². The molecule has 0 saturated heterocycles.